The van der Waals surface area contributed by atoms with E-state index < -0.39 is 0 Å². The lowest BCUT2D eigenvalue weighted by Gasteiger charge is -2.26. The molecule has 0 unspecified atom stereocenters. The van der Waals surface area contributed by atoms with Crippen molar-refractivity contribution in [3.05, 3.63) is 140 Å². The number of rotatable bonds is 6. The van der Waals surface area contributed by atoms with E-state index >= 15 is 0 Å². The Morgan fingerprint density at radius 2 is 0.788 bits per heavy atom. The Hall–Kier alpha value is -4.30. The summed E-state index contributed by atoms with van der Waals surface area (Å²) in [5.74, 6) is 0. The Balaban J connectivity index is 1.45. The average Bonchev–Trinajstić information content (AvgIpc) is 2.91. The zero-order chi connectivity index (χ0) is 22.5. The van der Waals surface area contributed by atoms with Gasteiger partial charge in [0.1, 0.15) is 0 Å². The van der Waals surface area contributed by atoms with E-state index in [4.69, 9.17) is 0 Å². The van der Waals surface area contributed by atoms with Gasteiger partial charge >= 0.3 is 0 Å². The second-order valence-corrected chi connectivity index (χ2v) is 8.00. The van der Waals surface area contributed by atoms with E-state index in [2.05, 4.69) is 144 Å². The van der Waals surface area contributed by atoms with Crippen LogP contribution in [0.25, 0.3) is 11.1 Å². The van der Waals surface area contributed by atoms with Gasteiger partial charge < -0.3 is 9.80 Å². The molecule has 0 aliphatic rings. The minimum Gasteiger partial charge on any atom is -0.345 e. The molecular formula is C31H26N2. The molecule has 5 aromatic rings. The van der Waals surface area contributed by atoms with E-state index in [0.717, 1.165) is 28.4 Å². The molecule has 0 radical (unpaired) electrons. The molecule has 0 aliphatic carbocycles. The van der Waals surface area contributed by atoms with Crippen LogP contribution in [0.1, 0.15) is 0 Å². The first kappa shape index (κ1) is 20.6. The summed E-state index contributed by atoms with van der Waals surface area (Å²) in [5, 5.41) is 0. The highest BCUT2D eigenvalue weighted by atomic mass is 15.1. The van der Waals surface area contributed by atoms with Crippen LogP contribution in [0.15, 0.2) is 140 Å². The molecule has 2 nitrogen and oxygen atoms in total. The van der Waals surface area contributed by atoms with Crippen LogP contribution in [-0.4, -0.2) is 7.05 Å². The molecule has 0 heterocycles. The smallest absolute Gasteiger partial charge is 0.0463 e. The van der Waals surface area contributed by atoms with E-state index in [1.54, 1.807) is 0 Å². The Labute approximate surface area is 196 Å². The fourth-order valence-corrected chi connectivity index (χ4v) is 4.10. The first-order valence-corrected chi connectivity index (χ1v) is 11.2. The minimum absolute atomic E-state index is 1.13. The zero-order valence-corrected chi connectivity index (χ0v) is 18.7. The monoisotopic (exact) mass is 426 g/mol. The molecule has 0 spiro atoms. The predicted molar refractivity (Wildman–Crippen MR) is 141 cm³/mol. The van der Waals surface area contributed by atoms with E-state index in [1.807, 2.05) is 12.1 Å². The van der Waals surface area contributed by atoms with Crippen LogP contribution in [0, 0.1) is 0 Å². The lowest BCUT2D eigenvalue weighted by atomic mass is 10.0. The third kappa shape index (κ3) is 4.51. The summed E-state index contributed by atoms with van der Waals surface area (Å²) in [6.07, 6.45) is 0. The Morgan fingerprint density at radius 1 is 0.364 bits per heavy atom. The van der Waals surface area contributed by atoms with Gasteiger partial charge in [-0.25, -0.2) is 0 Å². The summed E-state index contributed by atoms with van der Waals surface area (Å²) < 4.78 is 0. The fraction of sp³-hybridized carbons (Fsp3) is 0.0323. The molecule has 0 aliphatic heterocycles. The van der Waals surface area contributed by atoms with Crippen molar-refractivity contribution in [2.45, 2.75) is 0 Å². The topological polar surface area (TPSA) is 6.48 Å². The molecule has 160 valence electrons. The number of hydrogen-bond donors (Lipinski definition) is 0. The number of hydrogen-bond acceptors (Lipinski definition) is 2. The van der Waals surface area contributed by atoms with Gasteiger partial charge in [0, 0.05) is 35.5 Å². The standard InChI is InChI=1S/C31H26N2/c1-32(31-19-11-14-26(24-31)25-12-5-2-6-13-25)27-20-22-30(23-21-27)33(28-15-7-3-8-16-28)29-17-9-4-10-18-29/h2-24H,1H3. The largest absolute Gasteiger partial charge is 0.345 e. The van der Waals surface area contributed by atoms with Crippen LogP contribution in [-0.2, 0) is 0 Å². The minimum atomic E-state index is 1.13. The summed E-state index contributed by atoms with van der Waals surface area (Å²) in [6, 6.07) is 48.9. The first-order valence-electron chi connectivity index (χ1n) is 11.2. The molecule has 0 amide bonds. The summed E-state index contributed by atoms with van der Waals surface area (Å²) in [5.41, 5.74) is 8.15. The maximum Gasteiger partial charge on any atom is 0.0463 e. The predicted octanol–water partition coefficient (Wildman–Crippen LogP) is 8.59. The Kier molecular flexibility index (Phi) is 5.90. The molecule has 0 atom stereocenters. The van der Waals surface area contributed by atoms with Crippen molar-refractivity contribution in [3.63, 3.8) is 0 Å². The van der Waals surface area contributed by atoms with Crippen LogP contribution in [0.3, 0.4) is 0 Å². The molecule has 0 fully saturated rings. The average molecular weight is 427 g/mol. The molecule has 0 saturated carbocycles. The van der Waals surface area contributed by atoms with Crippen LogP contribution in [0.2, 0.25) is 0 Å². The number of para-hydroxylation sites is 2. The molecule has 2 heteroatoms. The van der Waals surface area contributed by atoms with E-state index in [1.165, 1.54) is 11.1 Å². The molecule has 0 saturated heterocycles. The third-order valence-corrected chi connectivity index (χ3v) is 5.86. The van der Waals surface area contributed by atoms with Gasteiger partial charge in [-0.15, -0.1) is 0 Å². The first-order chi connectivity index (χ1) is 16.3. The highest BCUT2D eigenvalue weighted by molar-refractivity contribution is 5.78. The normalized spacial score (nSPS) is 10.6. The maximum atomic E-state index is 2.28. The van der Waals surface area contributed by atoms with Gasteiger partial charge in [-0.2, -0.15) is 0 Å². The highest BCUT2D eigenvalue weighted by Gasteiger charge is 2.13. The summed E-state index contributed by atoms with van der Waals surface area (Å²) in [7, 11) is 2.12. The number of nitrogens with zero attached hydrogens (tertiary/aromatic N) is 2. The maximum absolute atomic E-state index is 2.28. The van der Waals surface area contributed by atoms with Crippen molar-refractivity contribution >= 4 is 28.4 Å². The van der Waals surface area contributed by atoms with Crippen LogP contribution >= 0.6 is 0 Å². The van der Waals surface area contributed by atoms with E-state index in [9.17, 15) is 0 Å². The molecule has 0 N–H and O–H groups in total. The van der Waals surface area contributed by atoms with Gasteiger partial charge in [0.25, 0.3) is 0 Å². The van der Waals surface area contributed by atoms with Gasteiger partial charge in [0.2, 0.25) is 0 Å². The molecule has 33 heavy (non-hydrogen) atoms. The van der Waals surface area contributed by atoms with Crippen molar-refractivity contribution in [3.8, 4) is 11.1 Å². The van der Waals surface area contributed by atoms with E-state index in [0.29, 0.717) is 0 Å². The van der Waals surface area contributed by atoms with Crippen molar-refractivity contribution in [1.82, 2.24) is 0 Å². The summed E-state index contributed by atoms with van der Waals surface area (Å²) >= 11 is 0. The number of anilines is 5. The quantitative estimate of drug-likeness (QED) is 0.268. The fourth-order valence-electron chi connectivity index (χ4n) is 4.10. The molecule has 0 aromatic heterocycles. The summed E-state index contributed by atoms with van der Waals surface area (Å²) in [6.45, 7) is 0. The van der Waals surface area contributed by atoms with Crippen LogP contribution in [0.4, 0.5) is 28.4 Å². The van der Waals surface area contributed by atoms with Gasteiger partial charge in [0.05, 0.1) is 0 Å². The van der Waals surface area contributed by atoms with E-state index in [-0.39, 0.29) is 0 Å². The number of benzene rings is 5. The lowest BCUT2D eigenvalue weighted by molar-refractivity contribution is 1.20. The molecule has 5 aromatic carbocycles. The molecule has 5 rings (SSSR count). The Bertz CT molecular complexity index is 1260. The summed E-state index contributed by atoms with van der Waals surface area (Å²) in [4.78, 5) is 4.51. The van der Waals surface area contributed by atoms with Crippen molar-refractivity contribution in [2.75, 3.05) is 16.8 Å². The SMILES string of the molecule is CN(c1ccc(N(c2ccccc2)c2ccccc2)cc1)c1cccc(-c2ccccc2)c1. The van der Waals surface area contributed by atoms with Crippen molar-refractivity contribution in [1.29, 1.82) is 0 Å². The molecular weight excluding hydrogens is 400 g/mol. The zero-order valence-electron chi connectivity index (χ0n) is 18.7. The van der Waals surface area contributed by atoms with Crippen LogP contribution < -0.4 is 9.80 Å². The second-order valence-electron chi connectivity index (χ2n) is 8.00. The third-order valence-electron chi connectivity index (χ3n) is 5.86. The molecule has 0 bridgehead atoms. The van der Waals surface area contributed by atoms with Gasteiger partial charge in [-0.1, -0.05) is 78.9 Å². The van der Waals surface area contributed by atoms with Crippen molar-refractivity contribution < 1.29 is 0 Å². The van der Waals surface area contributed by atoms with Crippen LogP contribution in [0.5, 0.6) is 0 Å². The van der Waals surface area contributed by atoms with Gasteiger partial charge in [-0.05, 0) is 71.8 Å². The van der Waals surface area contributed by atoms with Gasteiger partial charge in [0.15, 0.2) is 0 Å². The highest BCUT2D eigenvalue weighted by Crippen LogP contribution is 2.36. The lowest BCUT2D eigenvalue weighted by Crippen LogP contribution is -2.11. The van der Waals surface area contributed by atoms with Crippen molar-refractivity contribution in [2.24, 2.45) is 0 Å². The second kappa shape index (κ2) is 9.46. The Morgan fingerprint density at radius 3 is 1.36 bits per heavy atom. The van der Waals surface area contributed by atoms with Gasteiger partial charge in [-0.3, -0.25) is 0 Å².